The van der Waals surface area contributed by atoms with Crippen LogP contribution in [0.25, 0.3) is 11.1 Å². The van der Waals surface area contributed by atoms with Gasteiger partial charge in [0.05, 0.1) is 19.1 Å². The zero-order chi connectivity index (χ0) is 23.5. The molecule has 3 aromatic rings. The van der Waals surface area contributed by atoms with Gasteiger partial charge < -0.3 is 19.9 Å². The zero-order valence-electron chi connectivity index (χ0n) is 19.6. The van der Waals surface area contributed by atoms with Crippen LogP contribution in [-0.2, 0) is 11.3 Å². The number of aliphatic carboxylic acids is 1. The van der Waals surface area contributed by atoms with Gasteiger partial charge in [-0.15, -0.1) is 0 Å². The third-order valence-corrected chi connectivity index (χ3v) is 6.00. The lowest BCUT2D eigenvalue weighted by Gasteiger charge is -2.21. The second kappa shape index (κ2) is 9.57. The number of carboxylic acids is 1. The molecule has 3 aromatic carbocycles. The van der Waals surface area contributed by atoms with E-state index in [1.807, 2.05) is 32.0 Å². The molecule has 0 saturated carbocycles. The van der Waals surface area contributed by atoms with E-state index in [2.05, 4.69) is 55.6 Å². The number of hydrogen-bond acceptors (Lipinski definition) is 4. The van der Waals surface area contributed by atoms with Crippen molar-refractivity contribution in [1.29, 1.82) is 0 Å². The van der Waals surface area contributed by atoms with Crippen LogP contribution < -0.4 is 14.8 Å². The third kappa shape index (κ3) is 4.98. The van der Waals surface area contributed by atoms with Gasteiger partial charge in [-0.2, -0.15) is 0 Å². The summed E-state index contributed by atoms with van der Waals surface area (Å²) in [6, 6.07) is 18.6. The largest absolute Gasteiger partial charge is 0.493 e. The van der Waals surface area contributed by atoms with Crippen LogP contribution in [0.5, 0.6) is 11.5 Å². The monoisotopic (exact) mass is 445 g/mol. The van der Waals surface area contributed by atoms with Crippen LogP contribution in [0.4, 0.5) is 5.69 Å². The van der Waals surface area contributed by atoms with Crippen LogP contribution in [0.15, 0.2) is 54.6 Å². The minimum atomic E-state index is -0.805. The number of fused-ring (bicyclic) bond motifs is 1. The second-order valence-corrected chi connectivity index (χ2v) is 8.94. The van der Waals surface area contributed by atoms with Gasteiger partial charge in [-0.1, -0.05) is 42.5 Å². The van der Waals surface area contributed by atoms with Gasteiger partial charge in [0.1, 0.15) is 11.5 Å². The van der Waals surface area contributed by atoms with Crippen LogP contribution in [0.1, 0.15) is 48.4 Å². The summed E-state index contributed by atoms with van der Waals surface area (Å²) in [5, 5.41) is 12.6. The molecule has 172 valence electrons. The molecule has 4 rings (SSSR count). The van der Waals surface area contributed by atoms with Gasteiger partial charge >= 0.3 is 5.97 Å². The second-order valence-electron chi connectivity index (χ2n) is 8.94. The molecule has 0 aliphatic carbocycles. The van der Waals surface area contributed by atoms with Crippen molar-refractivity contribution < 1.29 is 19.4 Å². The van der Waals surface area contributed by atoms with Gasteiger partial charge in [0, 0.05) is 40.9 Å². The molecule has 0 amide bonds. The fraction of sp³-hybridized carbons (Fsp3) is 0.321. The molecule has 1 unspecified atom stereocenters. The fourth-order valence-corrected chi connectivity index (χ4v) is 4.50. The Morgan fingerprint density at radius 2 is 1.85 bits per heavy atom. The summed E-state index contributed by atoms with van der Waals surface area (Å²) in [6.45, 7) is 9.37. The van der Waals surface area contributed by atoms with Gasteiger partial charge in [-0.25, -0.2) is 0 Å². The standard InChI is InChI=1S/C28H31NO4/c1-17(2)33-28-20(9-6-10-24(28)27-18(3)7-5-8-19(27)4)15-29-22-11-12-23-21(13-26(30)31)16-32-25(23)14-22/h5-12,14,17,21,29H,13,15-16H2,1-4H3,(H,30,31). The summed E-state index contributed by atoms with van der Waals surface area (Å²) < 4.78 is 12.1. The highest BCUT2D eigenvalue weighted by Crippen LogP contribution is 2.40. The van der Waals surface area contributed by atoms with Crippen LogP contribution in [0, 0.1) is 13.8 Å². The highest BCUT2D eigenvalue weighted by molar-refractivity contribution is 5.77. The maximum Gasteiger partial charge on any atom is 0.304 e. The summed E-state index contributed by atoms with van der Waals surface area (Å²) in [4.78, 5) is 11.1. The minimum absolute atomic E-state index is 0.0498. The van der Waals surface area contributed by atoms with Crippen molar-refractivity contribution >= 4 is 11.7 Å². The number of carboxylic acid groups (broad SMARTS) is 1. The third-order valence-electron chi connectivity index (χ3n) is 6.00. The van der Waals surface area contributed by atoms with Crippen molar-refractivity contribution in [2.75, 3.05) is 11.9 Å². The number of benzene rings is 3. The van der Waals surface area contributed by atoms with Crippen molar-refractivity contribution in [3.63, 3.8) is 0 Å². The molecule has 5 heteroatoms. The Morgan fingerprint density at radius 1 is 1.12 bits per heavy atom. The Bertz CT molecular complexity index is 1150. The average Bonchev–Trinajstić information content (AvgIpc) is 3.14. The van der Waals surface area contributed by atoms with Crippen LogP contribution >= 0.6 is 0 Å². The van der Waals surface area contributed by atoms with Crippen LogP contribution in [0.3, 0.4) is 0 Å². The number of carbonyl (C=O) groups is 1. The van der Waals surface area contributed by atoms with Gasteiger partial charge in [-0.05, 0) is 50.5 Å². The molecular weight excluding hydrogens is 414 g/mol. The maximum absolute atomic E-state index is 11.1. The van der Waals surface area contributed by atoms with Gasteiger partial charge in [0.2, 0.25) is 0 Å². The molecular formula is C28H31NO4. The van der Waals surface area contributed by atoms with E-state index in [0.29, 0.717) is 13.2 Å². The predicted octanol–water partition coefficient (Wildman–Crippen LogP) is 6.32. The lowest BCUT2D eigenvalue weighted by atomic mass is 9.93. The van der Waals surface area contributed by atoms with Gasteiger partial charge in [-0.3, -0.25) is 4.79 Å². The predicted molar refractivity (Wildman–Crippen MR) is 131 cm³/mol. The molecule has 2 N–H and O–H groups in total. The van der Waals surface area contributed by atoms with Gasteiger partial charge in [0.25, 0.3) is 0 Å². The lowest BCUT2D eigenvalue weighted by molar-refractivity contribution is -0.137. The number of para-hydroxylation sites is 1. The Kier molecular flexibility index (Phi) is 6.59. The smallest absolute Gasteiger partial charge is 0.304 e. The molecule has 1 atom stereocenters. The van der Waals surface area contributed by atoms with E-state index in [4.69, 9.17) is 14.6 Å². The lowest BCUT2D eigenvalue weighted by Crippen LogP contribution is -2.11. The number of anilines is 1. The van der Waals surface area contributed by atoms with Gasteiger partial charge in [0.15, 0.2) is 0 Å². The SMILES string of the molecule is Cc1cccc(C)c1-c1cccc(CNc2ccc3c(c2)OCC3CC(=O)O)c1OC(C)C. The molecule has 0 spiro atoms. The first kappa shape index (κ1) is 22.7. The minimum Gasteiger partial charge on any atom is -0.493 e. The number of hydrogen-bond donors (Lipinski definition) is 2. The van der Waals surface area contributed by atoms with E-state index in [9.17, 15) is 4.79 Å². The van der Waals surface area contributed by atoms with E-state index >= 15 is 0 Å². The Hall–Kier alpha value is -3.47. The molecule has 0 bridgehead atoms. The average molecular weight is 446 g/mol. The fourth-order valence-electron chi connectivity index (χ4n) is 4.50. The molecule has 0 fully saturated rings. The molecule has 0 saturated heterocycles. The van der Waals surface area contributed by atoms with E-state index in [-0.39, 0.29) is 18.4 Å². The Labute approximate surface area is 195 Å². The first-order chi connectivity index (χ1) is 15.8. The topological polar surface area (TPSA) is 67.8 Å². The summed E-state index contributed by atoms with van der Waals surface area (Å²) in [5.41, 5.74) is 7.73. The summed E-state index contributed by atoms with van der Waals surface area (Å²) in [5.74, 6) is 0.761. The molecule has 1 heterocycles. The Morgan fingerprint density at radius 3 is 2.55 bits per heavy atom. The summed E-state index contributed by atoms with van der Waals surface area (Å²) in [6.07, 6.45) is 0.134. The zero-order valence-corrected chi connectivity index (χ0v) is 19.6. The van der Waals surface area contributed by atoms with E-state index in [0.717, 1.165) is 33.9 Å². The molecule has 1 aliphatic heterocycles. The number of nitrogens with one attached hydrogen (secondary N) is 1. The highest BCUT2D eigenvalue weighted by Gasteiger charge is 2.26. The molecule has 0 aromatic heterocycles. The van der Waals surface area contributed by atoms with Crippen LogP contribution in [-0.4, -0.2) is 23.8 Å². The highest BCUT2D eigenvalue weighted by atomic mass is 16.5. The van der Waals surface area contributed by atoms with Crippen molar-refractivity contribution in [2.24, 2.45) is 0 Å². The van der Waals surface area contributed by atoms with Crippen molar-refractivity contribution in [2.45, 2.75) is 52.7 Å². The van der Waals surface area contributed by atoms with E-state index in [1.165, 1.54) is 16.7 Å². The Balaban J connectivity index is 1.61. The van der Waals surface area contributed by atoms with Crippen molar-refractivity contribution in [3.8, 4) is 22.6 Å². The van der Waals surface area contributed by atoms with Crippen molar-refractivity contribution in [1.82, 2.24) is 0 Å². The van der Waals surface area contributed by atoms with Crippen molar-refractivity contribution in [3.05, 3.63) is 76.9 Å². The molecule has 0 radical (unpaired) electrons. The van der Waals surface area contributed by atoms with E-state index < -0.39 is 5.97 Å². The number of rotatable bonds is 8. The number of aryl methyl sites for hydroxylation is 2. The maximum atomic E-state index is 11.1. The molecule has 5 nitrogen and oxygen atoms in total. The molecule has 1 aliphatic rings. The number of ether oxygens (including phenoxy) is 2. The first-order valence-corrected chi connectivity index (χ1v) is 11.4. The quantitative estimate of drug-likeness (QED) is 0.425. The summed E-state index contributed by atoms with van der Waals surface area (Å²) in [7, 11) is 0. The summed E-state index contributed by atoms with van der Waals surface area (Å²) >= 11 is 0. The van der Waals surface area contributed by atoms with Crippen LogP contribution in [0.2, 0.25) is 0 Å². The molecule has 33 heavy (non-hydrogen) atoms. The first-order valence-electron chi connectivity index (χ1n) is 11.4. The van der Waals surface area contributed by atoms with E-state index in [1.54, 1.807) is 0 Å². The normalized spacial score (nSPS) is 14.6.